The minimum absolute atomic E-state index is 0.164. The lowest BCUT2D eigenvalue weighted by Gasteiger charge is -2.36. The van der Waals surface area contributed by atoms with E-state index in [2.05, 4.69) is 20.4 Å². The van der Waals surface area contributed by atoms with E-state index in [9.17, 15) is 4.79 Å². The molecule has 1 aliphatic heterocycles. The quantitative estimate of drug-likeness (QED) is 0.688. The van der Waals surface area contributed by atoms with Crippen molar-refractivity contribution in [3.63, 3.8) is 0 Å². The zero-order valence-electron chi connectivity index (χ0n) is 9.18. The smallest absolute Gasteiger partial charge is 0.223 e. The van der Waals surface area contributed by atoms with Gasteiger partial charge >= 0.3 is 0 Å². The van der Waals surface area contributed by atoms with Gasteiger partial charge < -0.3 is 10.6 Å². The van der Waals surface area contributed by atoms with Crippen LogP contribution in [0.25, 0.3) is 0 Å². The van der Waals surface area contributed by atoms with Gasteiger partial charge in [-0.2, -0.15) is 0 Å². The number of hydrogen-bond acceptors (Lipinski definition) is 2. The Hall–Kier alpha value is -0.830. The van der Waals surface area contributed by atoms with Crippen LogP contribution in [-0.4, -0.2) is 30.4 Å². The third-order valence-electron chi connectivity index (χ3n) is 2.74. The monoisotopic (exact) mass is 196 g/mol. The highest BCUT2D eigenvalue weighted by Gasteiger charge is 2.30. The van der Waals surface area contributed by atoms with Crippen LogP contribution in [0.4, 0.5) is 0 Å². The van der Waals surface area contributed by atoms with E-state index in [0.717, 1.165) is 18.5 Å². The maximum absolute atomic E-state index is 11.7. The number of piperidine rings is 1. The Balaban J connectivity index is 2.50. The molecule has 0 saturated carbocycles. The van der Waals surface area contributed by atoms with E-state index >= 15 is 0 Å². The number of carbonyl (C=O) groups excluding carboxylic acids is 1. The van der Waals surface area contributed by atoms with E-state index in [4.69, 9.17) is 5.73 Å². The first-order valence-corrected chi connectivity index (χ1v) is 5.09. The average Bonchev–Trinajstić information content (AvgIpc) is 2.09. The highest BCUT2D eigenvalue weighted by Crippen LogP contribution is 2.30. The topological polar surface area (TPSA) is 46.3 Å². The van der Waals surface area contributed by atoms with E-state index in [1.54, 1.807) is 0 Å². The van der Waals surface area contributed by atoms with Crippen molar-refractivity contribution in [1.82, 2.24) is 4.90 Å². The second kappa shape index (κ2) is 4.13. The molecule has 80 valence electrons. The van der Waals surface area contributed by atoms with Gasteiger partial charge in [-0.15, -0.1) is 0 Å². The van der Waals surface area contributed by atoms with Crippen LogP contribution in [-0.2, 0) is 4.79 Å². The molecule has 1 amide bonds. The summed E-state index contributed by atoms with van der Waals surface area (Å²) in [5, 5.41) is 0. The average molecular weight is 196 g/mol. The standard InChI is InChI=1S/C11H20N2O/c1-9(7-12)8-13-5-4-11(2,3)6-10(13)14/h1,4-8,12H2,2-3H3. The number of amides is 1. The van der Waals surface area contributed by atoms with Crippen molar-refractivity contribution in [2.45, 2.75) is 26.7 Å². The zero-order valence-corrected chi connectivity index (χ0v) is 9.18. The largest absolute Gasteiger partial charge is 0.339 e. The predicted octanol–water partition coefficient (Wildman–Crippen LogP) is 1.15. The Morgan fingerprint density at radius 1 is 1.64 bits per heavy atom. The number of nitrogens with zero attached hydrogens (tertiary/aromatic N) is 1. The molecule has 3 nitrogen and oxygen atoms in total. The normalized spacial score (nSPS) is 21.1. The Bertz CT molecular complexity index is 246. The van der Waals surface area contributed by atoms with Crippen molar-refractivity contribution in [1.29, 1.82) is 0 Å². The summed E-state index contributed by atoms with van der Waals surface area (Å²) >= 11 is 0. The molecule has 3 heteroatoms. The minimum atomic E-state index is 0.164. The van der Waals surface area contributed by atoms with Gasteiger partial charge in [-0.3, -0.25) is 4.79 Å². The van der Waals surface area contributed by atoms with Gasteiger partial charge in [0.1, 0.15) is 0 Å². The van der Waals surface area contributed by atoms with Gasteiger partial charge in [-0.05, 0) is 17.4 Å². The highest BCUT2D eigenvalue weighted by atomic mass is 16.2. The second-order valence-electron chi connectivity index (χ2n) is 4.86. The molecule has 0 unspecified atom stereocenters. The van der Waals surface area contributed by atoms with E-state index < -0.39 is 0 Å². The fourth-order valence-electron chi connectivity index (χ4n) is 1.67. The summed E-state index contributed by atoms with van der Waals surface area (Å²) < 4.78 is 0. The molecular weight excluding hydrogens is 176 g/mol. The van der Waals surface area contributed by atoms with Gasteiger partial charge in [-0.25, -0.2) is 0 Å². The number of rotatable bonds is 3. The number of nitrogens with two attached hydrogens (primary N) is 1. The molecule has 1 heterocycles. The van der Waals surface area contributed by atoms with Crippen LogP contribution in [0.15, 0.2) is 12.2 Å². The molecule has 2 N–H and O–H groups in total. The number of carbonyl (C=O) groups is 1. The molecule has 1 aliphatic rings. The molecule has 0 bridgehead atoms. The molecule has 14 heavy (non-hydrogen) atoms. The Morgan fingerprint density at radius 2 is 2.29 bits per heavy atom. The molecule has 0 atom stereocenters. The molecule has 1 fully saturated rings. The zero-order chi connectivity index (χ0) is 10.8. The van der Waals surface area contributed by atoms with Crippen LogP contribution in [0.5, 0.6) is 0 Å². The Morgan fingerprint density at radius 3 is 2.79 bits per heavy atom. The summed E-state index contributed by atoms with van der Waals surface area (Å²) in [6, 6.07) is 0. The maximum atomic E-state index is 11.7. The third kappa shape index (κ3) is 2.84. The van der Waals surface area contributed by atoms with Gasteiger partial charge in [0.25, 0.3) is 0 Å². The van der Waals surface area contributed by atoms with Gasteiger partial charge in [-0.1, -0.05) is 20.4 Å². The van der Waals surface area contributed by atoms with Crippen LogP contribution < -0.4 is 5.73 Å². The van der Waals surface area contributed by atoms with E-state index in [-0.39, 0.29) is 11.3 Å². The molecule has 0 aliphatic carbocycles. The minimum Gasteiger partial charge on any atom is -0.339 e. The van der Waals surface area contributed by atoms with Crippen LogP contribution in [0.1, 0.15) is 26.7 Å². The first-order valence-electron chi connectivity index (χ1n) is 5.09. The van der Waals surface area contributed by atoms with Crippen LogP contribution in [0.2, 0.25) is 0 Å². The molecule has 0 radical (unpaired) electrons. The van der Waals surface area contributed by atoms with Crippen molar-refractivity contribution >= 4 is 5.91 Å². The SMILES string of the molecule is C=C(CN)CN1CCC(C)(C)CC1=O. The Labute approximate surface area is 86.0 Å². The van der Waals surface area contributed by atoms with Crippen LogP contribution in [0.3, 0.4) is 0 Å². The molecule has 1 rings (SSSR count). The van der Waals surface area contributed by atoms with Crippen molar-refractivity contribution < 1.29 is 4.79 Å². The summed E-state index contributed by atoms with van der Waals surface area (Å²) in [6.07, 6.45) is 1.71. The summed E-state index contributed by atoms with van der Waals surface area (Å²) in [5.74, 6) is 0.232. The number of likely N-dealkylation sites (tertiary alicyclic amines) is 1. The van der Waals surface area contributed by atoms with Crippen LogP contribution >= 0.6 is 0 Å². The van der Waals surface area contributed by atoms with Crippen molar-refractivity contribution in [3.05, 3.63) is 12.2 Å². The molecule has 0 spiro atoms. The summed E-state index contributed by atoms with van der Waals surface area (Å²) in [4.78, 5) is 13.6. The fraction of sp³-hybridized carbons (Fsp3) is 0.727. The van der Waals surface area contributed by atoms with Crippen LogP contribution in [0, 0.1) is 5.41 Å². The maximum Gasteiger partial charge on any atom is 0.223 e. The second-order valence-corrected chi connectivity index (χ2v) is 4.86. The van der Waals surface area contributed by atoms with E-state index in [1.807, 2.05) is 4.90 Å². The molecular formula is C11H20N2O. The third-order valence-corrected chi connectivity index (χ3v) is 2.74. The van der Waals surface area contributed by atoms with E-state index in [1.165, 1.54) is 0 Å². The lowest BCUT2D eigenvalue weighted by atomic mass is 9.82. The van der Waals surface area contributed by atoms with E-state index in [0.29, 0.717) is 19.5 Å². The molecule has 1 saturated heterocycles. The van der Waals surface area contributed by atoms with Gasteiger partial charge in [0.05, 0.1) is 0 Å². The summed E-state index contributed by atoms with van der Waals surface area (Å²) in [7, 11) is 0. The van der Waals surface area contributed by atoms with Crippen molar-refractivity contribution in [2.24, 2.45) is 11.1 Å². The first-order chi connectivity index (χ1) is 6.44. The molecule has 0 aromatic carbocycles. The molecule has 0 aromatic heterocycles. The first kappa shape index (κ1) is 11.2. The van der Waals surface area contributed by atoms with Crippen molar-refractivity contribution in [2.75, 3.05) is 19.6 Å². The highest BCUT2D eigenvalue weighted by molar-refractivity contribution is 5.78. The van der Waals surface area contributed by atoms with Gasteiger partial charge in [0.15, 0.2) is 0 Å². The lowest BCUT2D eigenvalue weighted by molar-refractivity contribution is -0.136. The number of hydrogen-bond donors (Lipinski definition) is 1. The Kier molecular flexibility index (Phi) is 3.32. The predicted molar refractivity (Wildman–Crippen MR) is 57.8 cm³/mol. The van der Waals surface area contributed by atoms with Crippen molar-refractivity contribution in [3.8, 4) is 0 Å². The van der Waals surface area contributed by atoms with Gasteiger partial charge in [0, 0.05) is 26.1 Å². The molecule has 0 aromatic rings. The summed E-state index contributed by atoms with van der Waals surface area (Å²) in [6.45, 7) is 10.0. The summed E-state index contributed by atoms with van der Waals surface area (Å²) in [5.41, 5.74) is 6.54. The lowest BCUT2D eigenvalue weighted by Crippen LogP contribution is -2.43. The van der Waals surface area contributed by atoms with Gasteiger partial charge in [0.2, 0.25) is 5.91 Å². The fourth-order valence-corrected chi connectivity index (χ4v) is 1.67.